The van der Waals surface area contributed by atoms with Crippen molar-refractivity contribution in [3.05, 3.63) is 71.2 Å². The Morgan fingerprint density at radius 1 is 1.14 bits per heavy atom. The highest BCUT2D eigenvalue weighted by molar-refractivity contribution is 9.10. The van der Waals surface area contributed by atoms with E-state index in [2.05, 4.69) is 31.3 Å². The lowest BCUT2D eigenvalue weighted by atomic mass is 10.3. The first-order chi connectivity index (χ1) is 10.2. The molecular formula is C15H11BrN4O. The molecule has 21 heavy (non-hydrogen) atoms. The Morgan fingerprint density at radius 2 is 1.95 bits per heavy atom. The van der Waals surface area contributed by atoms with Crippen molar-refractivity contribution in [2.75, 3.05) is 5.32 Å². The van der Waals surface area contributed by atoms with Gasteiger partial charge in [-0.1, -0.05) is 18.2 Å². The van der Waals surface area contributed by atoms with Crippen molar-refractivity contribution in [2.45, 2.75) is 0 Å². The molecule has 0 bridgehead atoms. The number of carbonyl (C=O) groups is 1. The van der Waals surface area contributed by atoms with Gasteiger partial charge < -0.3 is 5.32 Å². The van der Waals surface area contributed by atoms with Crippen molar-refractivity contribution in [3.63, 3.8) is 0 Å². The van der Waals surface area contributed by atoms with Crippen molar-refractivity contribution in [3.8, 4) is 5.69 Å². The molecule has 0 spiro atoms. The molecule has 0 unspecified atom stereocenters. The number of amides is 1. The lowest BCUT2D eigenvalue weighted by Gasteiger charge is -2.04. The van der Waals surface area contributed by atoms with E-state index in [1.54, 1.807) is 29.2 Å². The van der Waals surface area contributed by atoms with Crippen LogP contribution < -0.4 is 5.32 Å². The quantitative estimate of drug-likeness (QED) is 0.743. The molecule has 0 fully saturated rings. The maximum absolute atomic E-state index is 12.2. The highest BCUT2D eigenvalue weighted by Gasteiger charge is 2.11. The van der Waals surface area contributed by atoms with Crippen molar-refractivity contribution < 1.29 is 4.79 Å². The maximum atomic E-state index is 12.2. The van der Waals surface area contributed by atoms with Gasteiger partial charge in [0.05, 0.1) is 23.1 Å². The van der Waals surface area contributed by atoms with Crippen molar-refractivity contribution in [1.82, 2.24) is 14.8 Å². The average Bonchev–Trinajstić information content (AvgIpc) is 3.00. The van der Waals surface area contributed by atoms with Gasteiger partial charge in [0, 0.05) is 12.4 Å². The van der Waals surface area contributed by atoms with E-state index in [0.717, 1.165) is 5.69 Å². The molecule has 0 aliphatic rings. The highest BCUT2D eigenvalue weighted by atomic mass is 79.9. The number of anilines is 1. The Balaban J connectivity index is 1.80. The van der Waals surface area contributed by atoms with Crippen LogP contribution in [0.25, 0.3) is 5.69 Å². The summed E-state index contributed by atoms with van der Waals surface area (Å²) < 4.78 is 2.25. The van der Waals surface area contributed by atoms with Gasteiger partial charge in [-0.15, -0.1) is 0 Å². The zero-order valence-electron chi connectivity index (χ0n) is 10.9. The van der Waals surface area contributed by atoms with E-state index >= 15 is 0 Å². The van der Waals surface area contributed by atoms with Gasteiger partial charge in [-0.2, -0.15) is 5.10 Å². The van der Waals surface area contributed by atoms with Crippen LogP contribution in [0.15, 0.2) is 65.7 Å². The van der Waals surface area contributed by atoms with Crippen molar-refractivity contribution >= 4 is 27.5 Å². The van der Waals surface area contributed by atoms with Crippen LogP contribution in [0.1, 0.15) is 10.4 Å². The fraction of sp³-hybridized carbons (Fsp3) is 0. The average molecular weight is 343 g/mol. The molecular weight excluding hydrogens is 332 g/mol. The first-order valence-corrected chi connectivity index (χ1v) is 7.05. The number of para-hydroxylation sites is 1. The SMILES string of the molecule is O=C(Nc1cccnc1Br)c1cnn(-c2ccccc2)c1. The molecule has 1 amide bonds. The Kier molecular flexibility index (Phi) is 3.79. The fourth-order valence-corrected chi connectivity index (χ4v) is 2.19. The van der Waals surface area contributed by atoms with Crippen LogP contribution in [0.5, 0.6) is 0 Å². The predicted octanol–water partition coefficient (Wildman–Crippen LogP) is 3.28. The number of aromatic nitrogens is 3. The first-order valence-electron chi connectivity index (χ1n) is 6.26. The molecule has 3 aromatic rings. The van der Waals surface area contributed by atoms with E-state index in [9.17, 15) is 4.79 Å². The Labute approximate surface area is 129 Å². The van der Waals surface area contributed by atoms with E-state index in [0.29, 0.717) is 15.9 Å². The minimum Gasteiger partial charge on any atom is -0.320 e. The summed E-state index contributed by atoms with van der Waals surface area (Å²) in [6, 6.07) is 13.1. The lowest BCUT2D eigenvalue weighted by Crippen LogP contribution is -2.11. The topological polar surface area (TPSA) is 59.8 Å². The van der Waals surface area contributed by atoms with Crippen LogP contribution >= 0.6 is 15.9 Å². The molecule has 2 heterocycles. The van der Waals surface area contributed by atoms with Gasteiger partial charge in [0.15, 0.2) is 0 Å². The monoisotopic (exact) mass is 342 g/mol. The molecule has 3 rings (SSSR count). The molecule has 2 aromatic heterocycles. The molecule has 104 valence electrons. The third-order valence-corrected chi connectivity index (χ3v) is 3.50. The molecule has 0 aliphatic carbocycles. The number of rotatable bonds is 3. The number of carbonyl (C=O) groups excluding carboxylic acids is 1. The van der Waals surface area contributed by atoms with Crippen LogP contribution in [0.3, 0.4) is 0 Å². The van der Waals surface area contributed by atoms with E-state index in [1.165, 1.54) is 6.20 Å². The molecule has 0 atom stereocenters. The van der Waals surface area contributed by atoms with Crippen LogP contribution in [0.4, 0.5) is 5.69 Å². The first kappa shape index (κ1) is 13.5. The Hall–Kier alpha value is -2.47. The van der Waals surface area contributed by atoms with Gasteiger partial charge in [0.2, 0.25) is 0 Å². The maximum Gasteiger partial charge on any atom is 0.258 e. The molecule has 0 saturated carbocycles. The number of hydrogen-bond donors (Lipinski definition) is 1. The standard InChI is InChI=1S/C15H11BrN4O/c16-14-13(7-4-8-17-14)19-15(21)11-9-18-20(10-11)12-5-2-1-3-6-12/h1-10H,(H,19,21). The summed E-state index contributed by atoms with van der Waals surface area (Å²) in [6.45, 7) is 0. The molecule has 0 radical (unpaired) electrons. The number of nitrogens with one attached hydrogen (secondary N) is 1. The molecule has 0 saturated heterocycles. The molecule has 0 aliphatic heterocycles. The van der Waals surface area contributed by atoms with Crippen molar-refractivity contribution in [1.29, 1.82) is 0 Å². The second-order valence-electron chi connectivity index (χ2n) is 4.31. The number of halogens is 1. The lowest BCUT2D eigenvalue weighted by molar-refractivity contribution is 0.102. The number of nitrogens with zero attached hydrogens (tertiary/aromatic N) is 3. The van der Waals surface area contributed by atoms with Crippen molar-refractivity contribution in [2.24, 2.45) is 0 Å². The van der Waals surface area contributed by atoms with E-state index < -0.39 is 0 Å². The smallest absolute Gasteiger partial charge is 0.258 e. The van der Waals surface area contributed by atoms with E-state index in [4.69, 9.17) is 0 Å². The molecule has 6 heteroatoms. The molecule has 5 nitrogen and oxygen atoms in total. The minimum absolute atomic E-state index is 0.231. The summed E-state index contributed by atoms with van der Waals surface area (Å²) in [5, 5.41) is 6.99. The summed E-state index contributed by atoms with van der Waals surface area (Å²) >= 11 is 3.29. The van der Waals surface area contributed by atoms with Crippen LogP contribution in [-0.4, -0.2) is 20.7 Å². The zero-order chi connectivity index (χ0) is 14.7. The van der Waals surface area contributed by atoms with Crippen LogP contribution in [-0.2, 0) is 0 Å². The predicted molar refractivity (Wildman–Crippen MR) is 83.5 cm³/mol. The normalized spacial score (nSPS) is 10.3. The minimum atomic E-state index is -0.231. The number of benzene rings is 1. The summed E-state index contributed by atoms with van der Waals surface area (Å²) in [4.78, 5) is 16.3. The van der Waals surface area contributed by atoms with E-state index in [1.807, 2.05) is 30.3 Å². The summed E-state index contributed by atoms with van der Waals surface area (Å²) in [5.41, 5.74) is 2.00. The van der Waals surface area contributed by atoms with Gasteiger partial charge >= 0.3 is 0 Å². The van der Waals surface area contributed by atoms with E-state index in [-0.39, 0.29) is 5.91 Å². The third-order valence-electron chi connectivity index (χ3n) is 2.87. The summed E-state index contributed by atoms with van der Waals surface area (Å²) in [5.74, 6) is -0.231. The largest absolute Gasteiger partial charge is 0.320 e. The third kappa shape index (κ3) is 3.00. The van der Waals surface area contributed by atoms with Gasteiger partial charge in [-0.25, -0.2) is 9.67 Å². The summed E-state index contributed by atoms with van der Waals surface area (Å²) in [7, 11) is 0. The van der Waals surface area contributed by atoms with Gasteiger partial charge in [-0.05, 0) is 40.2 Å². The number of pyridine rings is 1. The fourth-order valence-electron chi connectivity index (χ4n) is 1.84. The van der Waals surface area contributed by atoms with Gasteiger partial charge in [0.1, 0.15) is 4.60 Å². The second-order valence-corrected chi connectivity index (χ2v) is 5.06. The van der Waals surface area contributed by atoms with Crippen LogP contribution in [0.2, 0.25) is 0 Å². The van der Waals surface area contributed by atoms with Gasteiger partial charge in [-0.3, -0.25) is 4.79 Å². The summed E-state index contributed by atoms with van der Waals surface area (Å²) in [6.07, 6.45) is 4.87. The highest BCUT2D eigenvalue weighted by Crippen LogP contribution is 2.19. The Morgan fingerprint density at radius 3 is 2.71 bits per heavy atom. The molecule has 1 N–H and O–H groups in total. The Bertz CT molecular complexity index is 770. The second kappa shape index (κ2) is 5.88. The van der Waals surface area contributed by atoms with Gasteiger partial charge in [0.25, 0.3) is 5.91 Å². The number of hydrogen-bond acceptors (Lipinski definition) is 3. The van der Waals surface area contributed by atoms with Crippen LogP contribution in [0, 0.1) is 0 Å². The zero-order valence-corrected chi connectivity index (χ0v) is 12.5. The molecule has 1 aromatic carbocycles.